The third-order valence-electron chi connectivity index (χ3n) is 2.88. The van der Waals surface area contributed by atoms with Gasteiger partial charge in [0.2, 0.25) is 0 Å². The summed E-state index contributed by atoms with van der Waals surface area (Å²) in [5.74, 6) is 2.95. The number of carbonyl (C=O) groups is 2. The van der Waals surface area contributed by atoms with Crippen molar-refractivity contribution in [1.29, 1.82) is 0 Å². The molecule has 0 aliphatic heterocycles. The summed E-state index contributed by atoms with van der Waals surface area (Å²) < 4.78 is 19.2. The number of benzene rings is 1. The van der Waals surface area contributed by atoms with Crippen molar-refractivity contribution in [2.24, 2.45) is 5.73 Å². The van der Waals surface area contributed by atoms with Gasteiger partial charge in [-0.1, -0.05) is 5.92 Å². The molecular weight excluding hydrogens is 305 g/mol. The summed E-state index contributed by atoms with van der Waals surface area (Å²) >= 11 is 0. The molecule has 0 bridgehead atoms. The predicted octanol–water partition coefficient (Wildman–Crippen LogP) is 0.179. The largest absolute Gasteiger partial charge is 0.481 e. The molecule has 5 N–H and O–H groups in total. The van der Waals surface area contributed by atoms with E-state index in [1.54, 1.807) is 6.92 Å². The van der Waals surface area contributed by atoms with E-state index in [9.17, 15) is 14.0 Å². The van der Waals surface area contributed by atoms with E-state index in [1.807, 2.05) is 0 Å². The Balaban J connectivity index is 2.86. The van der Waals surface area contributed by atoms with Gasteiger partial charge >= 0.3 is 0 Å². The molecule has 0 fully saturated rings. The standard InChI is InChI=1S/C15H18FN3O4/c1-3-4-7-23-10-5-6-11(12(16)8-10)14(20)18-13(9(2)17)15(21)19-22/h5-6,8-9,13,22H,7,17H2,1-2H3,(H,18,20)(H,19,21). The van der Waals surface area contributed by atoms with Crippen LogP contribution in [0.1, 0.15) is 24.2 Å². The van der Waals surface area contributed by atoms with Crippen molar-refractivity contribution in [3.8, 4) is 17.6 Å². The molecule has 0 aliphatic rings. The highest BCUT2D eigenvalue weighted by molar-refractivity contribution is 5.97. The minimum absolute atomic E-state index is 0.102. The highest BCUT2D eigenvalue weighted by Crippen LogP contribution is 2.17. The fourth-order valence-electron chi connectivity index (χ4n) is 1.69. The summed E-state index contributed by atoms with van der Waals surface area (Å²) in [4.78, 5) is 23.5. The topological polar surface area (TPSA) is 114 Å². The summed E-state index contributed by atoms with van der Waals surface area (Å²) in [5.41, 5.74) is 6.67. The first-order valence-corrected chi connectivity index (χ1v) is 6.73. The van der Waals surface area contributed by atoms with Gasteiger partial charge in [-0.05, 0) is 26.0 Å². The van der Waals surface area contributed by atoms with Gasteiger partial charge in [-0.2, -0.15) is 0 Å². The van der Waals surface area contributed by atoms with E-state index in [4.69, 9.17) is 15.7 Å². The number of hydrogen-bond acceptors (Lipinski definition) is 5. The van der Waals surface area contributed by atoms with E-state index in [-0.39, 0.29) is 17.9 Å². The van der Waals surface area contributed by atoms with Gasteiger partial charge in [0.25, 0.3) is 11.8 Å². The second-order valence-electron chi connectivity index (χ2n) is 4.64. The van der Waals surface area contributed by atoms with Crippen LogP contribution in [0.3, 0.4) is 0 Å². The first-order chi connectivity index (χ1) is 10.9. The number of amides is 2. The fraction of sp³-hybridized carbons (Fsp3) is 0.333. The van der Waals surface area contributed by atoms with Gasteiger partial charge in [0.1, 0.15) is 24.2 Å². The molecule has 2 atom stereocenters. The average molecular weight is 323 g/mol. The maximum Gasteiger partial charge on any atom is 0.267 e. The molecule has 8 heteroatoms. The van der Waals surface area contributed by atoms with Crippen LogP contribution in [0.15, 0.2) is 18.2 Å². The molecule has 23 heavy (non-hydrogen) atoms. The van der Waals surface area contributed by atoms with E-state index < -0.39 is 29.7 Å². The molecule has 0 aliphatic carbocycles. The Morgan fingerprint density at radius 2 is 2.17 bits per heavy atom. The van der Waals surface area contributed by atoms with Gasteiger partial charge in [0.05, 0.1) is 5.56 Å². The number of nitrogens with two attached hydrogens (primary N) is 1. The van der Waals surface area contributed by atoms with Crippen molar-refractivity contribution in [3.63, 3.8) is 0 Å². The molecule has 0 spiro atoms. The number of carbonyl (C=O) groups excluding carboxylic acids is 2. The second-order valence-corrected chi connectivity index (χ2v) is 4.64. The molecular formula is C15H18FN3O4. The van der Waals surface area contributed by atoms with Crippen LogP contribution in [-0.4, -0.2) is 35.7 Å². The van der Waals surface area contributed by atoms with E-state index >= 15 is 0 Å². The summed E-state index contributed by atoms with van der Waals surface area (Å²) in [6, 6.07) is 1.67. The average Bonchev–Trinajstić information content (AvgIpc) is 2.51. The van der Waals surface area contributed by atoms with E-state index in [0.29, 0.717) is 0 Å². The van der Waals surface area contributed by atoms with Gasteiger partial charge in [-0.25, -0.2) is 9.87 Å². The number of nitrogens with one attached hydrogen (secondary N) is 2. The Labute approximate surface area is 133 Å². The van der Waals surface area contributed by atoms with Gasteiger partial charge in [-0.15, -0.1) is 5.92 Å². The minimum Gasteiger partial charge on any atom is -0.481 e. The third-order valence-corrected chi connectivity index (χ3v) is 2.88. The lowest BCUT2D eigenvalue weighted by Crippen LogP contribution is -2.54. The van der Waals surface area contributed by atoms with Gasteiger partial charge in [-0.3, -0.25) is 14.8 Å². The maximum absolute atomic E-state index is 14.0. The van der Waals surface area contributed by atoms with Crippen LogP contribution in [0, 0.1) is 17.7 Å². The van der Waals surface area contributed by atoms with Crippen molar-refractivity contribution in [3.05, 3.63) is 29.6 Å². The van der Waals surface area contributed by atoms with Crippen LogP contribution in [0.4, 0.5) is 4.39 Å². The summed E-state index contributed by atoms with van der Waals surface area (Å²) in [6.07, 6.45) is 0. The van der Waals surface area contributed by atoms with Crippen LogP contribution in [0.25, 0.3) is 0 Å². The first kappa shape index (κ1) is 18.4. The van der Waals surface area contributed by atoms with Crippen LogP contribution in [0.2, 0.25) is 0 Å². The quantitative estimate of drug-likeness (QED) is 0.339. The first-order valence-electron chi connectivity index (χ1n) is 6.73. The molecule has 0 aromatic heterocycles. The Hall–Kier alpha value is -2.63. The lowest BCUT2D eigenvalue weighted by Gasteiger charge is -2.20. The Kier molecular flexibility index (Phi) is 6.99. The molecule has 2 amide bonds. The number of halogens is 1. The van der Waals surface area contributed by atoms with Gasteiger partial charge < -0.3 is 15.8 Å². The Bertz CT molecular complexity index is 637. The molecule has 1 rings (SSSR count). The zero-order valence-electron chi connectivity index (χ0n) is 12.7. The second kappa shape index (κ2) is 8.73. The normalized spacial score (nSPS) is 12.4. The fourth-order valence-corrected chi connectivity index (χ4v) is 1.69. The summed E-state index contributed by atoms with van der Waals surface area (Å²) in [6.45, 7) is 3.21. The monoisotopic (exact) mass is 323 g/mol. The van der Waals surface area contributed by atoms with E-state index in [0.717, 1.165) is 6.07 Å². The van der Waals surface area contributed by atoms with Crippen LogP contribution >= 0.6 is 0 Å². The molecule has 0 heterocycles. The molecule has 0 radical (unpaired) electrons. The maximum atomic E-state index is 14.0. The van der Waals surface area contributed by atoms with Gasteiger partial charge in [0.15, 0.2) is 0 Å². The molecule has 7 nitrogen and oxygen atoms in total. The van der Waals surface area contributed by atoms with Crippen LogP contribution in [-0.2, 0) is 4.79 Å². The van der Waals surface area contributed by atoms with Crippen molar-refractivity contribution in [2.75, 3.05) is 6.61 Å². The smallest absolute Gasteiger partial charge is 0.267 e. The van der Waals surface area contributed by atoms with Crippen molar-refractivity contribution >= 4 is 11.8 Å². The molecule has 0 saturated carbocycles. The van der Waals surface area contributed by atoms with E-state index in [1.165, 1.54) is 24.5 Å². The van der Waals surface area contributed by atoms with E-state index in [2.05, 4.69) is 17.2 Å². The minimum atomic E-state index is -1.21. The highest BCUT2D eigenvalue weighted by Gasteiger charge is 2.25. The molecule has 1 aromatic carbocycles. The van der Waals surface area contributed by atoms with Gasteiger partial charge in [0, 0.05) is 12.1 Å². The summed E-state index contributed by atoms with van der Waals surface area (Å²) in [7, 11) is 0. The number of ether oxygens (including phenoxy) is 1. The number of rotatable bonds is 6. The SMILES string of the molecule is CC#CCOc1ccc(C(=O)NC(C(=O)NO)C(C)N)c(F)c1. The summed E-state index contributed by atoms with van der Waals surface area (Å²) in [5, 5.41) is 10.9. The highest BCUT2D eigenvalue weighted by atomic mass is 19.1. The molecule has 2 unspecified atom stereocenters. The predicted molar refractivity (Wildman–Crippen MR) is 80.2 cm³/mol. The zero-order valence-corrected chi connectivity index (χ0v) is 12.7. The zero-order chi connectivity index (χ0) is 17.4. The van der Waals surface area contributed by atoms with Crippen molar-refractivity contribution in [2.45, 2.75) is 25.9 Å². The Morgan fingerprint density at radius 1 is 1.48 bits per heavy atom. The lowest BCUT2D eigenvalue weighted by atomic mass is 10.1. The lowest BCUT2D eigenvalue weighted by molar-refractivity contribution is -0.131. The Morgan fingerprint density at radius 3 is 2.70 bits per heavy atom. The van der Waals surface area contributed by atoms with Crippen LogP contribution < -0.4 is 21.3 Å². The molecule has 0 saturated heterocycles. The number of hydrogen-bond donors (Lipinski definition) is 4. The molecule has 124 valence electrons. The van der Waals surface area contributed by atoms with Crippen molar-refractivity contribution < 1.29 is 23.9 Å². The van der Waals surface area contributed by atoms with Crippen LogP contribution in [0.5, 0.6) is 5.75 Å². The molecule has 1 aromatic rings. The third kappa shape index (κ3) is 5.25. The van der Waals surface area contributed by atoms with Crippen molar-refractivity contribution in [1.82, 2.24) is 10.8 Å². The number of hydroxylamine groups is 1.